The van der Waals surface area contributed by atoms with E-state index in [1.54, 1.807) is 6.92 Å². The minimum absolute atomic E-state index is 0.284. The number of ether oxygens (including phenoxy) is 1. The zero-order chi connectivity index (χ0) is 13.8. The molecule has 0 aliphatic heterocycles. The van der Waals surface area contributed by atoms with Crippen molar-refractivity contribution < 1.29 is 9.53 Å². The van der Waals surface area contributed by atoms with E-state index in [4.69, 9.17) is 16.3 Å². The third kappa shape index (κ3) is 3.72. The Morgan fingerprint density at radius 3 is 3.00 bits per heavy atom. The molecule has 0 atom stereocenters. The average molecular weight is 314 g/mol. The lowest BCUT2D eigenvalue weighted by atomic mass is 10.2. The highest BCUT2D eigenvalue weighted by Gasteiger charge is 2.17. The first-order valence-corrected chi connectivity index (χ1v) is 7.34. The molecule has 0 saturated heterocycles. The third-order valence-corrected chi connectivity index (χ3v) is 3.95. The van der Waals surface area contributed by atoms with Crippen molar-refractivity contribution in [3.05, 3.63) is 45.6 Å². The Morgan fingerprint density at radius 1 is 1.53 bits per heavy atom. The quantitative estimate of drug-likeness (QED) is 0.688. The van der Waals surface area contributed by atoms with Gasteiger partial charge in [0.1, 0.15) is 0 Å². The highest BCUT2D eigenvalue weighted by molar-refractivity contribution is 7.83. The molecule has 3 nitrogen and oxygen atoms in total. The van der Waals surface area contributed by atoms with Crippen LogP contribution in [-0.4, -0.2) is 17.6 Å². The van der Waals surface area contributed by atoms with E-state index < -0.39 is 5.97 Å². The maximum Gasteiger partial charge on any atom is 0.358 e. The van der Waals surface area contributed by atoms with Gasteiger partial charge in [0.15, 0.2) is 5.69 Å². The highest BCUT2D eigenvalue weighted by atomic mass is 35.5. The van der Waals surface area contributed by atoms with Crippen LogP contribution in [-0.2, 0) is 11.2 Å². The fraction of sp³-hybridized carbons (Fsp3) is 0.231. The molecule has 0 fully saturated rings. The van der Waals surface area contributed by atoms with Gasteiger partial charge in [0.2, 0.25) is 0 Å². The van der Waals surface area contributed by atoms with Gasteiger partial charge in [0.25, 0.3) is 0 Å². The summed E-state index contributed by atoms with van der Waals surface area (Å²) in [5, 5.41) is 1.50. The van der Waals surface area contributed by atoms with Crippen molar-refractivity contribution in [3.63, 3.8) is 0 Å². The molecule has 2 rings (SSSR count). The standard InChI is InChI=1S/C13H12ClNO2S2/c1-2-17-12(16)11-13(18)19-10(15-11)7-8-4-3-5-9(14)6-8/h3-6,18H,2,7H2,1H3. The Bertz CT molecular complexity index is 598. The predicted molar refractivity (Wildman–Crippen MR) is 79.6 cm³/mol. The number of benzene rings is 1. The van der Waals surface area contributed by atoms with Crippen molar-refractivity contribution in [2.45, 2.75) is 17.6 Å². The van der Waals surface area contributed by atoms with E-state index in [1.165, 1.54) is 11.3 Å². The van der Waals surface area contributed by atoms with Crippen LogP contribution in [0, 0.1) is 0 Å². The topological polar surface area (TPSA) is 39.2 Å². The summed E-state index contributed by atoms with van der Waals surface area (Å²) in [5.74, 6) is -0.430. The first kappa shape index (κ1) is 14.4. The molecule has 1 aromatic carbocycles. The molecule has 0 spiro atoms. The number of rotatable bonds is 4. The second-order valence-electron chi connectivity index (χ2n) is 3.79. The molecular weight excluding hydrogens is 302 g/mol. The summed E-state index contributed by atoms with van der Waals surface area (Å²) in [4.78, 5) is 15.9. The lowest BCUT2D eigenvalue weighted by molar-refractivity contribution is 0.0516. The van der Waals surface area contributed by atoms with E-state index in [0.717, 1.165) is 10.6 Å². The Morgan fingerprint density at radius 2 is 2.32 bits per heavy atom. The van der Waals surface area contributed by atoms with Crippen molar-refractivity contribution in [1.82, 2.24) is 4.98 Å². The Hall–Kier alpha value is -1.04. The van der Waals surface area contributed by atoms with Crippen molar-refractivity contribution in [2.75, 3.05) is 6.61 Å². The number of hydrogen-bond donors (Lipinski definition) is 1. The fourth-order valence-electron chi connectivity index (χ4n) is 1.58. The number of nitrogens with zero attached hydrogens (tertiary/aromatic N) is 1. The summed E-state index contributed by atoms with van der Waals surface area (Å²) in [5.41, 5.74) is 1.33. The molecule has 0 aliphatic carbocycles. The van der Waals surface area contributed by atoms with E-state index >= 15 is 0 Å². The zero-order valence-corrected chi connectivity index (χ0v) is 12.7. The number of aromatic nitrogens is 1. The summed E-state index contributed by atoms with van der Waals surface area (Å²) in [7, 11) is 0. The number of carbonyl (C=O) groups is 1. The van der Waals surface area contributed by atoms with E-state index in [2.05, 4.69) is 17.6 Å². The van der Waals surface area contributed by atoms with Crippen LogP contribution < -0.4 is 0 Å². The Balaban J connectivity index is 2.18. The molecule has 0 aliphatic rings. The van der Waals surface area contributed by atoms with Crippen LogP contribution in [0.5, 0.6) is 0 Å². The van der Waals surface area contributed by atoms with Gasteiger partial charge >= 0.3 is 5.97 Å². The maximum absolute atomic E-state index is 11.6. The number of thiazole rings is 1. The lowest BCUT2D eigenvalue weighted by Crippen LogP contribution is -2.06. The molecule has 0 N–H and O–H groups in total. The predicted octanol–water partition coefficient (Wildman–Crippen LogP) is 3.85. The molecule has 0 amide bonds. The fourth-order valence-corrected chi connectivity index (χ4v) is 3.08. The molecule has 0 saturated carbocycles. The van der Waals surface area contributed by atoms with Crippen molar-refractivity contribution in [1.29, 1.82) is 0 Å². The van der Waals surface area contributed by atoms with Crippen molar-refractivity contribution in [3.8, 4) is 0 Å². The summed E-state index contributed by atoms with van der Waals surface area (Å²) in [6.45, 7) is 2.09. The first-order valence-electron chi connectivity index (χ1n) is 5.70. The smallest absolute Gasteiger partial charge is 0.358 e. The van der Waals surface area contributed by atoms with Crippen LogP contribution in [0.4, 0.5) is 0 Å². The van der Waals surface area contributed by atoms with Crippen molar-refractivity contribution in [2.24, 2.45) is 0 Å². The average Bonchev–Trinajstić information content (AvgIpc) is 2.70. The number of halogens is 1. The number of esters is 1. The first-order chi connectivity index (χ1) is 9.10. The van der Waals surface area contributed by atoms with E-state index in [1.807, 2.05) is 24.3 Å². The molecule has 0 bridgehead atoms. The minimum atomic E-state index is -0.430. The van der Waals surface area contributed by atoms with E-state index in [-0.39, 0.29) is 5.69 Å². The third-order valence-electron chi connectivity index (χ3n) is 2.37. The summed E-state index contributed by atoms with van der Waals surface area (Å²) in [6.07, 6.45) is 0.623. The molecule has 6 heteroatoms. The Kier molecular flexibility index (Phi) is 4.85. The van der Waals surface area contributed by atoms with Crippen LogP contribution >= 0.6 is 35.6 Å². The second kappa shape index (κ2) is 6.41. The molecule has 100 valence electrons. The molecule has 2 aromatic rings. The molecule has 19 heavy (non-hydrogen) atoms. The summed E-state index contributed by atoms with van der Waals surface area (Å²) in [6, 6.07) is 7.56. The number of hydrogen-bond acceptors (Lipinski definition) is 5. The minimum Gasteiger partial charge on any atom is -0.461 e. The number of carbonyl (C=O) groups excluding carboxylic acids is 1. The van der Waals surface area contributed by atoms with E-state index in [9.17, 15) is 4.79 Å². The van der Waals surface area contributed by atoms with Crippen LogP contribution in [0.25, 0.3) is 0 Å². The SMILES string of the molecule is CCOC(=O)c1nc(Cc2cccc(Cl)c2)sc1S. The lowest BCUT2D eigenvalue weighted by Gasteiger charge is -1.99. The van der Waals surface area contributed by atoms with Gasteiger partial charge in [-0.15, -0.1) is 24.0 Å². The van der Waals surface area contributed by atoms with Crippen LogP contribution in [0.15, 0.2) is 28.5 Å². The van der Waals surface area contributed by atoms with Gasteiger partial charge in [-0.25, -0.2) is 9.78 Å². The largest absolute Gasteiger partial charge is 0.461 e. The van der Waals surface area contributed by atoms with Gasteiger partial charge < -0.3 is 4.74 Å². The Labute approximate surface area is 126 Å². The van der Waals surface area contributed by atoms with Gasteiger partial charge in [0, 0.05) is 11.4 Å². The summed E-state index contributed by atoms with van der Waals surface area (Å²) >= 11 is 11.6. The van der Waals surface area contributed by atoms with E-state index in [0.29, 0.717) is 22.3 Å². The van der Waals surface area contributed by atoms with Crippen LogP contribution in [0.2, 0.25) is 5.02 Å². The van der Waals surface area contributed by atoms with Gasteiger partial charge in [0.05, 0.1) is 15.8 Å². The number of thiol groups is 1. The van der Waals surface area contributed by atoms with Gasteiger partial charge in [-0.1, -0.05) is 23.7 Å². The second-order valence-corrected chi connectivity index (χ2v) is 6.06. The van der Waals surface area contributed by atoms with Crippen molar-refractivity contribution >= 4 is 41.5 Å². The molecule has 0 unspecified atom stereocenters. The molecular formula is C13H12ClNO2S2. The molecule has 1 aromatic heterocycles. The zero-order valence-electron chi connectivity index (χ0n) is 10.2. The monoisotopic (exact) mass is 313 g/mol. The normalized spacial score (nSPS) is 10.5. The van der Waals surface area contributed by atoms with Gasteiger partial charge in [-0.3, -0.25) is 0 Å². The van der Waals surface area contributed by atoms with Crippen LogP contribution in [0.3, 0.4) is 0 Å². The molecule has 1 heterocycles. The molecule has 0 radical (unpaired) electrons. The van der Waals surface area contributed by atoms with Gasteiger partial charge in [-0.05, 0) is 24.6 Å². The van der Waals surface area contributed by atoms with Gasteiger partial charge in [-0.2, -0.15) is 0 Å². The highest BCUT2D eigenvalue weighted by Crippen LogP contribution is 2.25. The maximum atomic E-state index is 11.6. The van der Waals surface area contributed by atoms with Crippen LogP contribution in [0.1, 0.15) is 28.0 Å². The summed E-state index contributed by atoms with van der Waals surface area (Å²) < 4.78 is 5.51.